The Morgan fingerprint density at radius 3 is 2.86 bits per heavy atom. The van der Waals surface area contributed by atoms with Crippen LogP contribution in [0.3, 0.4) is 0 Å². The summed E-state index contributed by atoms with van der Waals surface area (Å²) in [7, 11) is 0. The van der Waals surface area contributed by atoms with Crippen LogP contribution in [-0.2, 0) is 19.1 Å². The van der Waals surface area contributed by atoms with Gasteiger partial charge in [0.05, 0.1) is 25.4 Å². The number of carboxylic acid groups (broad SMARTS) is 1. The summed E-state index contributed by atoms with van der Waals surface area (Å²) in [6.45, 7) is 8.32. The SMILES string of the molecule is CC(NOC(CCC1C=CNCC1)C1CCC(OC[C@H](C)/C=C\C2=CCCC[C@H]2C)CO1)C(=O)O. The molecule has 3 rings (SSSR count). The minimum Gasteiger partial charge on any atom is -0.480 e. The molecule has 1 saturated heterocycles. The molecule has 7 heteroatoms. The van der Waals surface area contributed by atoms with Gasteiger partial charge in [0, 0.05) is 6.54 Å². The summed E-state index contributed by atoms with van der Waals surface area (Å²) in [5.74, 6) is 0.602. The Bertz CT molecular complexity index is 729. The second-order valence-corrected chi connectivity index (χ2v) is 10.6. The molecule has 0 aromatic rings. The monoisotopic (exact) mass is 490 g/mol. The zero-order valence-corrected chi connectivity index (χ0v) is 21.8. The highest BCUT2D eigenvalue weighted by molar-refractivity contribution is 5.72. The minimum atomic E-state index is -0.930. The van der Waals surface area contributed by atoms with E-state index < -0.39 is 12.0 Å². The number of ether oxygens (including phenoxy) is 2. The number of carboxylic acids is 1. The van der Waals surface area contributed by atoms with Crippen LogP contribution in [0.2, 0.25) is 0 Å². The van der Waals surface area contributed by atoms with Crippen molar-refractivity contribution in [1.29, 1.82) is 0 Å². The van der Waals surface area contributed by atoms with Crippen LogP contribution in [0.25, 0.3) is 0 Å². The van der Waals surface area contributed by atoms with E-state index in [0.717, 1.165) is 38.6 Å². The van der Waals surface area contributed by atoms with Crippen LogP contribution in [0, 0.1) is 17.8 Å². The van der Waals surface area contributed by atoms with Gasteiger partial charge in [-0.2, -0.15) is 5.48 Å². The van der Waals surface area contributed by atoms with Crippen LogP contribution in [0.15, 0.2) is 36.1 Å². The number of carbonyl (C=O) groups is 1. The van der Waals surface area contributed by atoms with Crippen LogP contribution in [0.4, 0.5) is 0 Å². The van der Waals surface area contributed by atoms with Gasteiger partial charge in [0.2, 0.25) is 0 Å². The highest BCUT2D eigenvalue weighted by Crippen LogP contribution is 2.27. The second kappa shape index (κ2) is 14.8. The number of hydroxylamine groups is 1. The van der Waals surface area contributed by atoms with Gasteiger partial charge in [-0.1, -0.05) is 38.2 Å². The Labute approximate surface area is 211 Å². The fraction of sp³-hybridized carbons (Fsp3) is 0.750. The molecule has 0 bridgehead atoms. The molecule has 1 fully saturated rings. The molecule has 0 spiro atoms. The molecule has 0 aromatic heterocycles. The number of rotatable bonds is 13. The van der Waals surface area contributed by atoms with Crippen molar-refractivity contribution >= 4 is 5.97 Å². The maximum absolute atomic E-state index is 11.2. The lowest BCUT2D eigenvalue weighted by Gasteiger charge is -2.35. The molecule has 0 aromatic carbocycles. The van der Waals surface area contributed by atoms with E-state index in [2.05, 4.69) is 48.9 Å². The molecule has 0 amide bonds. The molecule has 198 valence electrons. The highest BCUT2D eigenvalue weighted by atomic mass is 16.7. The first kappa shape index (κ1) is 27.9. The fourth-order valence-electron chi connectivity index (χ4n) is 4.92. The third-order valence-corrected chi connectivity index (χ3v) is 7.42. The second-order valence-electron chi connectivity index (χ2n) is 10.6. The van der Waals surface area contributed by atoms with Crippen LogP contribution >= 0.6 is 0 Å². The molecule has 7 atom stereocenters. The Hall–Kier alpha value is -1.67. The van der Waals surface area contributed by atoms with Crippen molar-refractivity contribution in [2.75, 3.05) is 19.8 Å². The topological polar surface area (TPSA) is 89.0 Å². The Kier molecular flexibility index (Phi) is 11.8. The predicted octanol–water partition coefficient (Wildman–Crippen LogP) is 4.76. The third kappa shape index (κ3) is 9.71. The van der Waals surface area contributed by atoms with Gasteiger partial charge >= 0.3 is 5.97 Å². The van der Waals surface area contributed by atoms with Crippen LogP contribution in [-0.4, -0.2) is 55.2 Å². The summed E-state index contributed by atoms with van der Waals surface area (Å²) in [6, 6.07) is -0.766. The van der Waals surface area contributed by atoms with Gasteiger partial charge < -0.3 is 19.9 Å². The molecule has 1 aliphatic carbocycles. The molecule has 5 unspecified atom stereocenters. The minimum absolute atomic E-state index is 0.0638. The van der Waals surface area contributed by atoms with Crippen molar-refractivity contribution in [3.63, 3.8) is 0 Å². The van der Waals surface area contributed by atoms with E-state index in [4.69, 9.17) is 14.3 Å². The molecule has 0 radical (unpaired) electrons. The number of allylic oxidation sites excluding steroid dienone is 4. The maximum Gasteiger partial charge on any atom is 0.322 e. The first-order chi connectivity index (χ1) is 16.9. The zero-order chi connectivity index (χ0) is 25.0. The van der Waals surface area contributed by atoms with Gasteiger partial charge in [-0.25, -0.2) is 0 Å². The lowest BCUT2D eigenvalue weighted by Crippen LogP contribution is -2.45. The lowest BCUT2D eigenvalue weighted by atomic mass is 9.88. The Balaban J connectivity index is 1.42. The van der Waals surface area contributed by atoms with Gasteiger partial charge in [-0.05, 0) is 87.8 Å². The van der Waals surface area contributed by atoms with E-state index in [-0.39, 0.29) is 18.3 Å². The van der Waals surface area contributed by atoms with Crippen molar-refractivity contribution < 1.29 is 24.2 Å². The molecule has 35 heavy (non-hydrogen) atoms. The summed E-state index contributed by atoms with van der Waals surface area (Å²) in [5.41, 5.74) is 4.17. The van der Waals surface area contributed by atoms with E-state index >= 15 is 0 Å². The number of aliphatic carboxylic acids is 1. The van der Waals surface area contributed by atoms with E-state index in [1.807, 2.05) is 6.20 Å². The number of nitrogens with one attached hydrogen (secondary N) is 2. The van der Waals surface area contributed by atoms with Crippen LogP contribution < -0.4 is 10.8 Å². The van der Waals surface area contributed by atoms with Gasteiger partial charge in [-0.3, -0.25) is 9.63 Å². The van der Waals surface area contributed by atoms with Gasteiger partial charge in [0.25, 0.3) is 0 Å². The molecule has 0 saturated carbocycles. The smallest absolute Gasteiger partial charge is 0.322 e. The van der Waals surface area contributed by atoms with Gasteiger partial charge in [-0.15, -0.1) is 0 Å². The average molecular weight is 491 g/mol. The van der Waals surface area contributed by atoms with E-state index in [0.29, 0.717) is 31.0 Å². The quantitative estimate of drug-likeness (QED) is 0.321. The molecule has 2 heterocycles. The molecule has 2 aliphatic heterocycles. The zero-order valence-electron chi connectivity index (χ0n) is 21.8. The fourth-order valence-corrected chi connectivity index (χ4v) is 4.92. The van der Waals surface area contributed by atoms with Crippen molar-refractivity contribution in [3.05, 3.63) is 36.1 Å². The summed E-state index contributed by atoms with van der Waals surface area (Å²) in [5, 5.41) is 12.4. The predicted molar refractivity (Wildman–Crippen MR) is 138 cm³/mol. The lowest BCUT2D eigenvalue weighted by molar-refractivity contribution is -0.169. The van der Waals surface area contributed by atoms with Crippen molar-refractivity contribution in [1.82, 2.24) is 10.8 Å². The van der Waals surface area contributed by atoms with Crippen LogP contribution in [0.5, 0.6) is 0 Å². The van der Waals surface area contributed by atoms with Crippen molar-refractivity contribution in [3.8, 4) is 0 Å². The molecule has 7 nitrogen and oxygen atoms in total. The first-order valence-corrected chi connectivity index (χ1v) is 13.6. The molecule has 3 aliphatic rings. The molecular formula is C28H46N2O5. The van der Waals surface area contributed by atoms with E-state index in [9.17, 15) is 9.90 Å². The molecular weight excluding hydrogens is 444 g/mol. The first-order valence-electron chi connectivity index (χ1n) is 13.6. The number of hydrogen-bond acceptors (Lipinski definition) is 6. The van der Waals surface area contributed by atoms with Gasteiger partial charge in [0.15, 0.2) is 0 Å². The largest absolute Gasteiger partial charge is 0.480 e. The molecule has 3 N–H and O–H groups in total. The van der Waals surface area contributed by atoms with Gasteiger partial charge in [0.1, 0.15) is 12.1 Å². The highest BCUT2D eigenvalue weighted by Gasteiger charge is 2.31. The summed E-state index contributed by atoms with van der Waals surface area (Å²) < 4.78 is 12.4. The maximum atomic E-state index is 11.2. The third-order valence-electron chi connectivity index (χ3n) is 7.42. The summed E-state index contributed by atoms with van der Waals surface area (Å²) >= 11 is 0. The van der Waals surface area contributed by atoms with Crippen molar-refractivity contribution in [2.24, 2.45) is 17.8 Å². The average Bonchev–Trinajstić information content (AvgIpc) is 2.88. The Morgan fingerprint density at radius 1 is 1.31 bits per heavy atom. The van der Waals surface area contributed by atoms with Crippen molar-refractivity contribution in [2.45, 2.75) is 96.5 Å². The van der Waals surface area contributed by atoms with E-state index in [1.165, 1.54) is 24.8 Å². The standard InChI is InChI=1S/C28H46N2O5/c1-20(8-10-24-7-5-4-6-21(24)2)18-33-25-11-13-26(34-19-25)27(35-30-22(3)28(31)32)12-9-23-14-16-29-17-15-23/h7-8,10,14,16,20-23,25-27,29-30H,4-6,9,11-13,15,17-19H2,1-3H3,(H,31,32)/b10-8-/t20-,21-,22?,23?,25?,26?,27?/m1/s1. The summed E-state index contributed by atoms with van der Waals surface area (Å²) in [6.07, 6.45) is 19.5. The van der Waals surface area contributed by atoms with Crippen LogP contribution in [0.1, 0.15) is 72.1 Å². The Morgan fingerprint density at radius 2 is 2.17 bits per heavy atom. The van der Waals surface area contributed by atoms with E-state index in [1.54, 1.807) is 6.92 Å². The summed E-state index contributed by atoms with van der Waals surface area (Å²) in [4.78, 5) is 17.1. The number of hydrogen-bond donors (Lipinski definition) is 3. The normalized spacial score (nSPS) is 29.9.